The summed E-state index contributed by atoms with van der Waals surface area (Å²) in [5.74, 6) is 0. The summed E-state index contributed by atoms with van der Waals surface area (Å²) in [7, 11) is 0. The van der Waals surface area contributed by atoms with E-state index in [2.05, 4.69) is 36.1 Å². The molecule has 2 heteroatoms. The Kier molecular flexibility index (Phi) is 5.21. The van der Waals surface area contributed by atoms with Gasteiger partial charge in [0.2, 0.25) is 0 Å². The number of likely N-dealkylation sites (tertiary alicyclic amines) is 1. The highest BCUT2D eigenvalue weighted by molar-refractivity contribution is 5.23. The molecule has 1 fully saturated rings. The van der Waals surface area contributed by atoms with Gasteiger partial charge in [0.25, 0.3) is 0 Å². The van der Waals surface area contributed by atoms with Gasteiger partial charge in [0.05, 0.1) is 0 Å². The second-order valence-electron chi connectivity index (χ2n) is 5.39. The van der Waals surface area contributed by atoms with Gasteiger partial charge >= 0.3 is 0 Å². The van der Waals surface area contributed by atoms with Crippen LogP contribution in [-0.2, 0) is 12.8 Å². The Morgan fingerprint density at radius 2 is 1.94 bits per heavy atom. The maximum absolute atomic E-state index is 5.68. The van der Waals surface area contributed by atoms with Gasteiger partial charge in [-0.1, -0.05) is 37.6 Å². The third kappa shape index (κ3) is 3.56. The van der Waals surface area contributed by atoms with Crippen LogP contribution in [0, 0.1) is 0 Å². The van der Waals surface area contributed by atoms with Crippen molar-refractivity contribution in [1.82, 2.24) is 4.90 Å². The Morgan fingerprint density at radius 1 is 1.22 bits per heavy atom. The first-order valence-corrected chi connectivity index (χ1v) is 7.35. The first kappa shape index (κ1) is 13.6. The van der Waals surface area contributed by atoms with Crippen LogP contribution >= 0.6 is 0 Å². The van der Waals surface area contributed by atoms with Crippen LogP contribution in [0.1, 0.15) is 37.3 Å². The smallest absolute Gasteiger partial charge is 0.0137 e. The number of aryl methyl sites for hydroxylation is 1. The summed E-state index contributed by atoms with van der Waals surface area (Å²) in [4.78, 5) is 2.56. The summed E-state index contributed by atoms with van der Waals surface area (Å²) < 4.78 is 0. The molecule has 1 saturated heterocycles. The van der Waals surface area contributed by atoms with Crippen molar-refractivity contribution in [3.8, 4) is 0 Å². The van der Waals surface area contributed by atoms with E-state index in [0.29, 0.717) is 6.04 Å². The second-order valence-corrected chi connectivity index (χ2v) is 5.39. The molecular formula is C16H26N2. The van der Waals surface area contributed by atoms with Gasteiger partial charge in [-0.05, 0) is 43.4 Å². The minimum Gasteiger partial charge on any atom is -0.329 e. The largest absolute Gasteiger partial charge is 0.329 e. The molecule has 2 N–H and O–H groups in total. The van der Waals surface area contributed by atoms with Crippen molar-refractivity contribution in [3.63, 3.8) is 0 Å². The van der Waals surface area contributed by atoms with Gasteiger partial charge < -0.3 is 5.73 Å². The third-order valence-corrected chi connectivity index (χ3v) is 3.95. The SMILES string of the molecule is CCCc1ccc(CC2CCCN2CCN)cc1. The van der Waals surface area contributed by atoms with Gasteiger partial charge in [-0.3, -0.25) is 4.90 Å². The first-order chi connectivity index (χ1) is 8.83. The van der Waals surface area contributed by atoms with Gasteiger partial charge in [-0.2, -0.15) is 0 Å². The number of benzene rings is 1. The highest BCUT2D eigenvalue weighted by atomic mass is 15.2. The predicted octanol–water partition coefficient (Wildman–Crippen LogP) is 2.60. The summed E-state index contributed by atoms with van der Waals surface area (Å²) in [5.41, 5.74) is 8.62. The number of nitrogens with two attached hydrogens (primary N) is 1. The molecule has 2 rings (SSSR count). The zero-order valence-electron chi connectivity index (χ0n) is 11.6. The zero-order valence-corrected chi connectivity index (χ0v) is 11.6. The van der Waals surface area contributed by atoms with E-state index in [9.17, 15) is 0 Å². The van der Waals surface area contributed by atoms with E-state index in [1.165, 1.54) is 49.8 Å². The Bertz CT molecular complexity index is 345. The Balaban J connectivity index is 1.92. The number of nitrogens with zero attached hydrogens (tertiary/aromatic N) is 1. The van der Waals surface area contributed by atoms with E-state index in [1.807, 2.05) is 0 Å². The number of hydrogen-bond acceptors (Lipinski definition) is 2. The van der Waals surface area contributed by atoms with Crippen molar-refractivity contribution >= 4 is 0 Å². The monoisotopic (exact) mass is 246 g/mol. The van der Waals surface area contributed by atoms with E-state index in [-0.39, 0.29) is 0 Å². The molecule has 0 radical (unpaired) electrons. The molecule has 0 aliphatic carbocycles. The van der Waals surface area contributed by atoms with Gasteiger partial charge in [0, 0.05) is 19.1 Å². The van der Waals surface area contributed by atoms with Crippen LogP contribution in [0.5, 0.6) is 0 Å². The van der Waals surface area contributed by atoms with E-state index in [4.69, 9.17) is 5.73 Å². The summed E-state index contributed by atoms with van der Waals surface area (Å²) in [6, 6.07) is 9.92. The topological polar surface area (TPSA) is 29.3 Å². The highest BCUT2D eigenvalue weighted by Crippen LogP contribution is 2.21. The predicted molar refractivity (Wildman–Crippen MR) is 77.8 cm³/mol. The molecule has 0 aromatic heterocycles. The lowest BCUT2D eigenvalue weighted by molar-refractivity contribution is 0.259. The normalized spacial score (nSPS) is 20.4. The molecule has 1 aliphatic heterocycles. The minimum atomic E-state index is 0.713. The van der Waals surface area contributed by atoms with Gasteiger partial charge in [0.1, 0.15) is 0 Å². The lowest BCUT2D eigenvalue weighted by Crippen LogP contribution is -2.35. The van der Waals surface area contributed by atoms with Crippen molar-refractivity contribution in [2.75, 3.05) is 19.6 Å². The second kappa shape index (κ2) is 6.91. The Labute approximate surface area is 111 Å². The molecular weight excluding hydrogens is 220 g/mol. The summed E-state index contributed by atoms with van der Waals surface area (Å²) in [6.07, 6.45) is 6.27. The van der Waals surface area contributed by atoms with Crippen molar-refractivity contribution in [2.24, 2.45) is 5.73 Å². The fourth-order valence-electron chi connectivity index (χ4n) is 2.99. The molecule has 1 aliphatic rings. The number of rotatable bonds is 6. The van der Waals surface area contributed by atoms with Crippen LogP contribution in [0.25, 0.3) is 0 Å². The fourth-order valence-corrected chi connectivity index (χ4v) is 2.99. The molecule has 1 aromatic rings. The third-order valence-electron chi connectivity index (χ3n) is 3.95. The zero-order chi connectivity index (χ0) is 12.8. The average molecular weight is 246 g/mol. The van der Waals surface area contributed by atoms with E-state index >= 15 is 0 Å². The molecule has 100 valence electrons. The van der Waals surface area contributed by atoms with Crippen molar-refractivity contribution in [3.05, 3.63) is 35.4 Å². The molecule has 0 amide bonds. The summed E-state index contributed by atoms with van der Waals surface area (Å²) in [6.45, 7) is 5.30. The van der Waals surface area contributed by atoms with Gasteiger partial charge in [-0.25, -0.2) is 0 Å². The molecule has 0 saturated carbocycles. The molecule has 0 spiro atoms. The Morgan fingerprint density at radius 3 is 2.61 bits per heavy atom. The van der Waals surface area contributed by atoms with Crippen LogP contribution in [-0.4, -0.2) is 30.6 Å². The quantitative estimate of drug-likeness (QED) is 0.836. The van der Waals surface area contributed by atoms with E-state index < -0.39 is 0 Å². The molecule has 0 bridgehead atoms. The molecule has 2 nitrogen and oxygen atoms in total. The van der Waals surface area contributed by atoms with E-state index in [1.54, 1.807) is 0 Å². The number of hydrogen-bond donors (Lipinski definition) is 1. The average Bonchev–Trinajstić information content (AvgIpc) is 2.80. The maximum Gasteiger partial charge on any atom is 0.0137 e. The molecule has 1 unspecified atom stereocenters. The van der Waals surface area contributed by atoms with Crippen LogP contribution in [0.4, 0.5) is 0 Å². The van der Waals surface area contributed by atoms with Gasteiger partial charge in [0.15, 0.2) is 0 Å². The van der Waals surface area contributed by atoms with Crippen molar-refractivity contribution < 1.29 is 0 Å². The first-order valence-electron chi connectivity index (χ1n) is 7.35. The maximum atomic E-state index is 5.68. The summed E-state index contributed by atoms with van der Waals surface area (Å²) in [5, 5.41) is 0. The molecule has 1 aromatic carbocycles. The van der Waals surface area contributed by atoms with Crippen molar-refractivity contribution in [2.45, 2.75) is 45.1 Å². The summed E-state index contributed by atoms with van der Waals surface area (Å²) >= 11 is 0. The van der Waals surface area contributed by atoms with Crippen molar-refractivity contribution in [1.29, 1.82) is 0 Å². The molecule has 1 atom stereocenters. The van der Waals surface area contributed by atoms with Crippen LogP contribution in [0.3, 0.4) is 0 Å². The lowest BCUT2D eigenvalue weighted by atomic mass is 10.0. The fraction of sp³-hybridized carbons (Fsp3) is 0.625. The lowest BCUT2D eigenvalue weighted by Gasteiger charge is -2.23. The molecule has 18 heavy (non-hydrogen) atoms. The minimum absolute atomic E-state index is 0.713. The standard InChI is InChI=1S/C16H26N2/c1-2-4-14-6-8-15(9-7-14)13-16-5-3-11-18(16)12-10-17/h6-9,16H,2-5,10-13,17H2,1H3. The van der Waals surface area contributed by atoms with Crippen LogP contribution in [0.2, 0.25) is 0 Å². The highest BCUT2D eigenvalue weighted by Gasteiger charge is 2.23. The van der Waals surface area contributed by atoms with Crippen LogP contribution in [0.15, 0.2) is 24.3 Å². The van der Waals surface area contributed by atoms with E-state index in [0.717, 1.165) is 13.1 Å². The van der Waals surface area contributed by atoms with Crippen LogP contribution < -0.4 is 5.73 Å². The molecule has 1 heterocycles. The van der Waals surface area contributed by atoms with Gasteiger partial charge in [-0.15, -0.1) is 0 Å². The Hall–Kier alpha value is -0.860.